The fourth-order valence-corrected chi connectivity index (χ4v) is 1.45. The van der Waals surface area contributed by atoms with E-state index in [2.05, 4.69) is 5.32 Å². The van der Waals surface area contributed by atoms with Gasteiger partial charge in [-0.25, -0.2) is 0 Å². The van der Waals surface area contributed by atoms with Crippen LogP contribution in [0.4, 0.5) is 5.69 Å². The minimum Gasteiger partial charge on any atom is -0.493 e. The fourth-order valence-electron chi connectivity index (χ4n) is 1.45. The Kier molecular flexibility index (Phi) is 5.18. The molecule has 0 aliphatic rings. The zero-order chi connectivity index (χ0) is 14.5. The van der Waals surface area contributed by atoms with Gasteiger partial charge in [0, 0.05) is 11.8 Å². The van der Waals surface area contributed by atoms with Gasteiger partial charge in [0.1, 0.15) is 0 Å². The average Bonchev–Trinajstić information content (AvgIpc) is 2.40. The lowest BCUT2D eigenvalue weighted by molar-refractivity contribution is -0.120. The molecule has 1 atom stereocenters. The smallest absolute Gasteiger partial charge is 0.244 e. The Bertz CT molecular complexity index is 444. The number of benzene rings is 1. The number of carbonyl (C=O) groups is 1. The summed E-state index contributed by atoms with van der Waals surface area (Å²) in [5, 5.41) is 2.78. The molecule has 1 aromatic rings. The Balaban J connectivity index is 2.89. The number of nitrogens with two attached hydrogens (primary N) is 1. The third-order valence-corrected chi connectivity index (χ3v) is 2.97. The number of rotatable bonds is 6. The van der Waals surface area contributed by atoms with E-state index in [1.165, 1.54) is 0 Å². The van der Waals surface area contributed by atoms with Crippen molar-refractivity contribution >= 4 is 11.6 Å². The molecule has 5 heteroatoms. The summed E-state index contributed by atoms with van der Waals surface area (Å²) in [6, 6.07) is 5.24. The van der Waals surface area contributed by atoms with Crippen LogP contribution in [0.1, 0.15) is 27.2 Å². The summed E-state index contributed by atoms with van der Waals surface area (Å²) >= 11 is 0. The van der Waals surface area contributed by atoms with E-state index in [4.69, 9.17) is 15.2 Å². The molecule has 19 heavy (non-hydrogen) atoms. The lowest BCUT2D eigenvalue weighted by Gasteiger charge is -2.21. The molecule has 0 bridgehead atoms. The first-order valence-electron chi connectivity index (χ1n) is 6.35. The minimum atomic E-state index is -0.883. The molecule has 106 valence electrons. The van der Waals surface area contributed by atoms with Crippen LogP contribution >= 0.6 is 0 Å². The molecule has 0 heterocycles. The van der Waals surface area contributed by atoms with E-state index in [0.717, 1.165) is 0 Å². The van der Waals surface area contributed by atoms with Crippen LogP contribution in [0.2, 0.25) is 0 Å². The van der Waals surface area contributed by atoms with Crippen LogP contribution in [-0.2, 0) is 4.79 Å². The van der Waals surface area contributed by atoms with Crippen molar-refractivity contribution in [2.45, 2.75) is 32.7 Å². The first-order chi connectivity index (χ1) is 8.94. The van der Waals surface area contributed by atoms with Crippen LogP contribution in [0.3, 0.4) is 0 Å². The predicted octanol–water partition coefficient (Wildman–Crippen LogP) is 2.16. The first-order valence-corrected chi connectivity index (χ1v) is 6.35. The predicted molar refractivity (Wildman–Crippen MR) is 75.7 cm³/mol. The number of carbonyl (C=O) groups excluding carboxylic acids is 1. The van der Waals surface area contributed by atoms with Crippen molar-refractivity contribution in [3.63, 3.8) is 0 Å². The van der Waals surface area contributed by atoms with E-state index >= 15 is 0 Å². The Morgan fingerprint density at radius 2 is 2.05 bits per heavy atom. The molecule has 0 aromatic heterocycles. The number of methoxy groups -OCH3 is 1. The van der Waals surface area contributed by atoms with Crippen LogP contribution in [0, 0.1) is 0 Å². The molecule has 5 nitrogen and oxygen atoms in total. The van der Waals surface area contributed by atoms with Crippen molar-refractivity contribution in [3.8, 4) is 11.5 Å². The molecule has 0 spiro atoms. The Hall–Kier alpha value is -1.75. The highest BCUT2D eigenvalue weighted by atomic mass is 16.5. The maximum Gasteiger partial charge on any atom is 0.244 e. The molecule has 1 amide bonds. The number of hydrogen-bond acceptors (Lipinski definition) is 4. The van der Waals surface area contributed by atoms with Crippen molar-refractivity contribution in [2.24, 2.45) is 5.73 Å². The van der Waals surface area contributed by atoms with Crippen molar-refractivity contribution in [1.29, 1.82) is 0 Å². The number of ether oxygens (including phenoxy) is 2. The van der Waals surface area contributed by atoms with E-state index in [9.17, 15) is 4.79 Å². The van der Waals surface area contributed by atoms with Gasteiger partial charge in [-0.3, -0.25) is 4.79 Å². The molecule has 0 fully saturated rings. The number of amides is 1. The summed E-state index contributed by atoms with van der Waals surface area (Å²) in [6.07, 6.45) is 0.562. The van der Waals surface area contributed by atoms with E-state index in [1.807, 2.05) is 13.8 Å². The summed E-state index contributed by atoms with van der Waals surface area (Å²) in [5.74, 6) is 1.00. The topological polar surface area (TPSA) is 73.6 Å². The highest BCUT2D eigenvalue weighted by Gasteiger charge is 2.26. The first kappa shape index (κ1) is 15.3. The van der Waals surface area contributed by atoms with Gasteiger partial charge >= 0.3 is 0 Å². The van der Waals surface area contributed by atoms with Gasteiger partial charge in [-0.15, -0.1) is 0 Å². The summed E-state index contributed by atoms with van der Waals surface area (Å²) < 4.78 is 10.6. The van der Waals surface area contributed by atoms with Gasteiger partial charge in [0.25, 0.3) is 0 Å². The van der Waals surface area contributed by atoms with Gasteiger partial charge in [0.15, 0.2) is 11.5 Å². The largest absolute Gasteiger partial charge is 0.493 e. The minimum absolute atomic E-state index is 0.221. The van der Waals surface area contributed by atoms with Crippen LogP contribution < -0.4 is 20.5 Å². The van der Waals surface area contributed by atoms with Gasteiger partial charge < -0.3 is 20.5 Å². The van der Waals surface area contributed by atoms with Gasteiger partial charge in [-0.1, -0.05) is 6.92 Å². The molecule has 1 unspecified atom stereocenters. The van der Waals surface area contributed by atoms with Crippen molar-refractivity contribution in [2.75, 3.05) is 19.0 Å². The third-order valence-electron chi connectivity index (χ3n) is 2.97. The molecule has 1 rings (SSSR count). The van der Waals surface area contributed by atoms with E-state index < -0.39 is 5.54 Å². The van der Waals surface area contributed by atoms with Crippen LogP contribution in [0.25, 0.3) is 0 Å². The molecule has 3 N–H and O–H groups in total. The van der Waals surface area contributed by atoms with Crippen molar-refractivity contribution in [3.05, 3.63) is 18.2 Å². The summed E-state index contributed by atoms with van der Waals surface area (Å²) in [6.45, 7) is 6.03. The van der Waals surface area contributed by atoms with Crippen LogP contribution in [0.5, 0.6) is 11.5 Å². The maximum atomic E-state index is 12.0. The maximum absolute atomic E-state index is 12.0. The van der Waals surface area contributed by atoms with E-state index in [0.29, 0.717) is 30.2 Å². The molecular formula is C14H22N2O3. The lowest BCUT2D eigenvalue weighted by atomic mass is 9.99. The molecular weight excluding hydrogens is 244 g/mol. The van der Waals surface area contributed by atoms with Gasteiger partial charge in [-0.05, 0) is 32.4 Å². The second-order valence-electron chi connectivity index (χ2n) is 4.52. The molecule has 0 aliphatic heterocycles. The zero-order valence-electron chi connectivity index (χ0n) is 11.9. The summed E-state index contributed by atoms with van der Waals surface area (Å²) in [7, 11) is 1.56. The normalized spacial score (nSPS) is 13.5. The lowest BCUT2D eigenvalue weighted by Crippen LogP contribution is -2.47. The van der Waals surface area contributed by atoms with Crippen LogP contribution in [-0.4, -0.2) is 25.2 Å². The van der Waals surface area contributed by atoms with Crippen molar-refractivity contribution in [1.82, 2.24) is 0 Å². The highest BCUT2D eigenvalue weighted by Crippen LogP contribution is 2.30. The monoisotopic (exact) mass is 266 g/mol. The number of nitrogens with one attached hydrogen (secondary N) is 1. The Morgan fingerprint density at radius 3 is 2.58 bits per heavy atom. The summed E-state index contributed by atoms with van der Waals surface area (Å²) in [5.41, 5.74) is 5.64. The van der Waals surface area contributed by atoms with Gasteiger partial charge in [-0.2, -0.15) is 0 Å². The average molecular weight is 266 g/mol. The molecule has 0 saturated carbocycles. The number of anilines is 1. The molecule has 0 aliphatic carbocycles. The van der Waals surface area contributed by atoms with E-state index in [-0.39, 0.29) is 5.91 Å². The van der Waals surface area contributed by atoms with Gasteiger partial charge in [0.05, 0.1) is 19.3 Å². The zero-order valence-corrected chi connectivity index (χ0v) is 11.9. The van der Waals surface area contributed by atoms with Crippen LogP contribution in [0.15, 0.2) is 18.2 Å². The number of hydrogen-bond donors (Lipinski definition) is 2. The van der Waals surface area contributed by atoms with Crippen molar-refractivity contribution < 1.29 is 14.3 Å². The Morgan fingerprint density at radius 1 is 1.37 bits per heavy atom. The third kappa shape index (κ3) is 3.86. The second kappa shape index (κ2) is 6.43. The Labute approximate surface area is 114 Å². The summed E-state index contributed by atoms with van der Waals surface area (Å²) in [4.78, 5) is 12.0. The highest BCUT2D eigenvalue weighted by molar-refractivity contribution is 5.97. The standard InChI is InChI=1S/C14H22N2O3/c1-5-14(3,15)13(17)16-10-7-8-11(19-6-2)12(9-10)18-4/h7-9H,5-6,15H2,1-4H3,(H,16,17). The second-order valence-corrected chi connectivity index (χ2v) is 4.52. The van der Waals surface area contributed by atoms with Gasteiger partial charge in [0.2, 0.25) is 5.91 Å². The van der Waals surface area contributed by atoms with E-state index in [1.54, 1.807) is 32.2 Å². The molecule has 0 radical (unpaired) electrons. The SMILES string of the molecule is CCOc1ccc(NC(=O)C(C)(N)CC)cc1OC. The molecule has 0 saturated heterocycles. The fraction of sp³-hybridized carbons (Fsp3) is 0.500. The quantitative estimate of drug-likeness (QED) is 0.827. The molecule has 1 aromatic carbocycles.